The number of Topliss-reactive ketones (excluding diaryl/α,β-unsaturated/α-hetero) is 1. The monoisotopic (exact) mass is 307 g/mol. The highest BCUT2D eigenvalue weighted by Gasteiger charge is 2.36. The molecule has 0 spiro atoms. The summed E-state index contributed by atoms with van der Waals surface area (Å²) < 4.78 is 27.0. The topological polar surface area (TPSA) is 37.4 Å². The molecule has 1 amide bonds. The van der Waals surface area contributed by atoms with Gasteiger partial charge < -0.3 is 4.90 Å². The Bertz CT molecular complexity index is 756. The number of benzene rings is 2. The van der Waals surface area contributed by atoms with E-state index in [4.69, 9.17) is 11.6 Å². The van der Waals surface area contributed by atoms with Crippen LogP contribution in [0, 0.1) is 11.6 Å². The van der Waals surface area contributed by atoms with E-state index in [1.165, 1.54) is 24.3 Å². The van der Waals surface area contributed by atoms with Gasteiger partial charge in [0, 0.05) is 10.6 Å². The van der Waals surface area contributed by atoms with Gasteiger partial charge >= 0.3 is 0 Å². The fraction of sp³-hybridized carbons (Fsp3) is 0.0667. The third-order valence-electron chi connectivity index (χ3n) is 3.31. The van der Waals surface area contributed by atoms with Crippen LogP contribution in [0.4, 0.5) is 14.5 Å². The quantitative estimate of drug-likeness (QED) is 0.798. The van der Waals surface area contributed by atoms with Gasteiger partial charge in [-0.15, -0.1) is 0 Å². The van der Waals surface area contributed by atoms with Gasteiger partial charge in [0.15, 0.2) is 0 Å². The van der Waals surface area contributed by atoms with Crippen molar-refractivity contribution < 1.29 is 18.4 Å². The van der Waals surface area contributed by atoms with Crippen molar-refractivity contribution in [3.05, 3.63) is 64.2 Å². The average Bonchev–Trinajstić information content (AvgIpc) is 2.67. The van der Waals surface area contributed by atoms with E-state index in [-0.39, 0.29) is 28.4 Å². The molecule has 3 nitrogen and oxygen atoms in total. The fourth-order valence-electron chi connectivity index (χ4n) is 2.27. The van der Waals surface area contributed by atoms with Crippen molar-refractivity contribution in [3.63, 3.8) is 0 Å². The number of rotatable bonds is 2. The van der Waals surface area contributed by atoms with Crippen LogP contribution in [0.25, 0.3) is 0 Å². The smallest absolute Gasteiger partial charge is 0.299 e. The molecule has 0 bridgehead atoms. The van der Waals surface area contributed by atoms with Crippen molar-refractivity contribution in [1.82, 2.24) is 0 Å². The largest absolute Gasteiger partial charge is 0.300 e. The van der Waals surface area contributed by atoms with Crippen LogP contribution in [0.1, 0.15) is 15.9 Å². The van der Waals surface area contributed by atoms with E-state index >= 15 is 0 Å². The normalized spacial score (nSPS) is 13.8. The van der Waals surface area contributed by atoms with E-state index in [1.54, 1.807) is 0 Å². The molecule has 2 aromatic carbocycles. The van der Waals surface area contributed by atoms with Gasteiger partial charge in [-0.2, -0.15) is 0 Å². The van der Waals surface area contributed by atoms with Crippen molar-refractivity contribution in [1.29, 1.82) is 0 Å². The summed E-state index contributed by atoms with van der Waals surface area (Å²) in [7, 11) is 0. The second-order valence-electron chi connectivity index (χ2n) is 4.58. The van der Waals surface area contributed by atoms with E-state index < -0.39 is 23.3 Å². The number of fused-ring (bicyclic) bond motifs is 1. The summed E-state index contributed by atoms with van der Waals surface area (Å²) >= 11 is 5.92. The van der Waals surface area contributed by atoms with Gasteiger partial charge in [-0.3, -0.25) is 9.59 Å². The van der Waals surface area contributed by atoms with E-state index in [1.807, 2.05) is 0 Å². The van der Waals surface area contributed by atoms with Crippen LogP contribution >= 0.6 is 11.6 Å². The lowest BCUT2D eigenvalue weighted by atomic mass is 10.1. The SMILES string of the molecule is O=C1C(=O)N(Cc2c(F)cccc2Cl)c2ccc(F)cc21. The lowest BCUT2D eigenvalue weighted by Crippen LogP contribution is -2.29. The molecule has 0 N–H and O–H groups in total. The summed E-state index contributed by atoms with van der Waals surface area (Å²) in [5, 5.41) is 0.158. The maximum Gasteiger partial charge on any atom is 0.299 e. The van der Waals surface area contributed by atoms with Crippen LogP contribution in [0.5, 0.6) is 0 Å². The van der Waals surface area contributed by atoms with Crippen molar-refractivity contribution in [2.75, 3.05) is 4.90 Å². The molecule has 0 saturated heterocycles. The second-order valence-corrected chi connectivity index (χ2v) is 4.99. The number of nitrogens with zero attached hydrogens (tertiary/aromatic N) is 1. The van der Waals surface area contributed by atoms with Gasteiger partial charge in [0.25, 0.3) is 11.7 Å². The molecule has 106 valence electrons. The highest BCUT2D eigenvalue weighted by molar-refractivity contribution is 6.52. The molecule has 3 rings (SSSR count). The number of hydrogen-bond donors (Lipinski definition) is 0. The van der Waals surface area contributed by atoms with E-state index in [2.05, 4.69) is 0 Å². The molecule has 1 aliphatic rings. The van der Waals surface area contributed by atoms with Gasteiger partial charge in [-0.1, -0.05) is 17.7 Å². The lowest BCUT2D eigenvalue weighted by molar-refractivity contribution is -0.114. The van der Waals surface area contributed by atoms with Crippen LogP contribution in [-0.4, -0.2) is 11.7 Å². The van der Waals surface area contributed by atoms with Crippen molar-refractivity contribution in [2.45, 2.75) is 6.54 Å². The Labute approximate surface area is 123 Å². The summed E-state index contributed by atoms with van der Waals surface area (Å²) in [6, 6.07) is 7.62. The highest BCUT2D eigenvalue weighted by Crippen LogP contribution is 2.32. The summed E-state index contributed by atoms with van der Waals surface area (Å²) in [5.41, 5.74) is 0.343. The van der Waals surface area contributed by atoms with Gasteiger partial charge in [0.05, 0.1) is 17.8 Å². The lowest BCUT2D eigenvalue weighted by Gasteiger charge is -2.17. The molecule has 6 heteroatoms. The molecule has 0 atom stereocenters. The molecule has 0 aliphatic carbocycles. The van der Waals surface area contributed by atoms with Crippen molar-refractivity contribution in [3.8, 4) is 0 Å². The molecule has 0 saturated carbocycles. The first-order valence-corrected chi connectivity index (χ1v) is 6.45. The van der Waals surface area contributed by atoms with E-state index in [9.17, 15) is 18.4 Å². The number of amides is 1. The maximum atomic E-state index is 13.8. The standard InChI is InChI=1S/C15H8ClF2NO2/c16-11-2-1-3-12(18)10(11)7-19-13-5-4-8(17)6-9(13)14(20)15(19)21/h1-6H,7H2. The maximum absolute atomic E-state index is 13.8. The Morgan fingerprint density at radius 1 is 1.10 bits per heavy atom. The fourth-order valence-corrected chi connectivity index (χ4v) is 2.49. The zero-order valence-electron chi connectivity index (χ0n) is 10.6. The predicted octanol–water partition coefficient (Wildman–Crippen LogP) is 3.35. The molecule has 2 aromatic rings. The average molecular weight is 308 g/mol. The minimum Gasteiger partial charge on any atom is -0.300 e. The Morgan fingerprint density at radius 2 is 1.86 bits per heavy atom. The van der Waals surface area contributed by atoms with Crippen LogP contribution in [0.3, 0.4) is 0 Å². The van der Waals surface area contributed by atoms with Crippen LogP contribution in [0.2, 0.25) is 5.02 Å². The number of carbonyl (C=O) groups is 2. The second kappa shape index (κ2) is 4.93. The van der Waals surface area contributed by atoms with Gasteiger partial charge in [-0.05, 0) is 30.3 Å². The molecule has 1 aliphatic heterocycles. The Morgan fingerprint density at radius 3 is 2.57 bits per heavy atom. The highest BCUT2D eigenvalue weighted by atomic mass is 35.5. The van der Waals surface area contributed by atoms with Gasteiger partial charge in [0.1, 0.15) is 11.6 Å². The summed E-state index contributed by atoms with van der Waals surface area (Å²) in [6.45, 7) is -0.186. The minimum atomic E-state index is -0.824. The first-order chi connectivity index (χ1) is 9.99. The zero-order chi connectivity index (χ0) is 15.1. The Balaban J connectivity index is 2.05. The molecular formula is C15H8ClF2NO2. The summed E-state index contributed by atoms with van der Waals surface area (Å²) in [6.07, 6.45) is 0. The number of anilines is 1. The van der Waals surface area contributed by atoms with Crippen LogP contribution in [0.15, 0.2) is 36.4 Å². The van der Waals surface area contributed by atoms with E-state index in [0.717, 1.165) is 17.0 Å². The number of ketones is 1. The molecule has 0 fully saturated rings. The van der Waals surface area contributed by atoms with Crippen LogP contribution in [-0.2, 0) is 11.3 Å². The van der Waals surface area contributed by atoms with Crippen LogP contribution < -0.4 is 4.90 Å². The van der Waals surface area contributed by atoms with Crippen molar-refractivity contribution in [2.24, 2.45) is 0 Å². The zero-order valence-corrected chi connectivity index (χ0v) is 11.3. The molecule has 1 heterocycles. The molecule has 0 unspecified atom stereocenters. The predicted molar refractivity (Wildman–Crippen MR) is 73.3 cm³/mol. The minimum absolute atomic E-state index is 0.0209. The summed E-state index contributed by atoms with van der Waals surface area (Å²) in [5.74, 6) is -2.81. The molecule has 0 radical (unpaired) electrons. The summed E-state index contributed by atoms with van der Waals surface area (Å²) in [4.78, 5) is 24.9. The molecule has 21 heavy (non-hydrogen) atoms. The number of carbonyl (C=O) groups excluding carboxylic acids is 2. The third kappa shape index (κ3) is 2.19. The third-order valence-corrected chi connectivity index (χ3v) is 3.67. The number of hydrogen-bond acceptors (Lipinski definition) is 2. The Kier molecular flexibility index (Phi) is 3.22. The molecule has 0 aromatic heterocycles. The van der Waals surface area contributed by atoms with Gasteiger partial charge in [0.2, 0.25) is 0 Å². The number of halogens is 3. The molecular weight excluding hydrogens is 300 g/mol. The van der Waals surface area contributed by atoms with Crippen molar-refractivity contribution >= 4 is 29.0 Å². The van der Waals surface area contributed by atoms with E-state index in [0.29, 0.717) is 0 Å². The van der Waals surface area contributed by atoms with Gasteiger partial charge in [-0.25, -0.2) is 8.78 Å². The Hall–Kier alpha value is -2.27. The first kappa shape index (κ1) is 13.7. The first-order valence-electron chi connectivity index (χ1n) is 6.07.